The molecule has 0 bridgehead atoms. The number of hydrogen-bond donors (Lipinski definition) is 0. The van der Waals surface area contributed by atoms with E-state index in [1.807, 2.05) is 25.2 Å². The summed E-state index contributed by atoms with van der Waals surface area (Å²) in [5.74, 6) is -0.344. The number of ketones is 1. The van der Waals surface area contributed by atoms with Gasteiger partial charge in [0.1, 0.15) is 0 Å². The smallest absolute Gasteiger partial charge is 0.306 e. The summed E-state index contributed by atoms with van der Waals surface area (Å²) < 4.78 is 4.89. The van der Waals surface area contributed by atoms with Crippen molar-refractivity contribution in [3.05, 3.63) is 11.8 Å². The molecule has 0 saturated heterocycles. The van der Waals surface area contributed by atoms with Gasteiger partial charge in [0.05, 0.1) is 13.0 Å². The Morgan fingerprint density at radius 1 is 1.53 bits per heavy atom. The van der Waals surface area contributed by atoms with E-state index >= 15 is 0 Å². The Morgan fingerprint density at radius 2 is 2.24 bits per heavy atom. The largest absolute Gasteiger partial charge is 0.466 e. The molecule has 1 aliphatic rings. The summed E-state index contributed by atoms with van der Waals surface area (Å²) >= 11 is 0. The van der Waals surface area contributed by atoms with E-state index in [-0.39, 0.29) is 24.1 Å². The average Bonchev–Trinajstić information content (AvgIpc) is 2.23. The topological polar surface area (TPSA) is 46.6 Å². The fourth-order valence-corrected chi connectivity index (χ4v) is 2.11. The van der Waals surface area contributed by atoms with Gasteiger partial charge in [0.25, 0.3) is 0 Å². The number of ether oxygens (including phenoxy) is 1. The predicted octanol–water partition coefficient (Wildman–Crippen LogP) is 1.75. The van der Waals surface area contributed by atoms with Crippen molar-refractivity contribution in [2.75, 3.05) is 20.7 Å². The third-order valence-electron chi connectivity index (χ3n) is 2.82. The van der Waals surface area contributed by atoms with E-state index in [0.29, 0.717) is 6.61 Å². The predicted molar refractivity (Wildman–Crippen MR) is 65.4 cm³/mol. The van der Waals surface area contributed by atoms with Crippen molar-refractivity contribution in [1.29, 1.82) is 0 Å². The quantitative estimate of drug-likeness (QED) is 0.554. The number of nitrogens with zero attached hydrogens (tertiary/aromatic N) is 1. The van der Waals surface area contributed by atoms with E-state index in [1.165, 1.54) is 0 Å². The number of Topliss-reactive ketones (excluding diaryl/α,β-unsaturated/α-hetero) is 1. The SMILES string of the molecule is CCOC(=O)CC1CCC/C(=C\N(C)C)C1=O. The maximum atomic E-state index is 12.1. The molecule has 1 fully saturated rings. The minimum absolute atomic E-state index is 0.109. The Hall–Kier alpha value is -1.32. The van der Waals surface area contributed by atoms with Gasteiger partial charge in [-0.15, -0.1) is 0 Å². The first-order valence-corrected chi connectivity index (χ1v) is 6.11. The van der Waals surface area contributed by atoms with Crippen LogP contribution in [-0.4, -0.2) is 37.4 Å². The minimum atomic E-state index is -0.267. The molecular weight excluding hydrogens is 218 g/mol. The van der Waals surface area contributed by atoms with Crippen molar-refractivity contribution in [1.82, 2.24) is 4.90 Å². The molecule has 0 spiro atoms. The Bertz CT molecular complexity index is 321. The van der Waals surface area contributed by atoms with Crippen LogP contribution in [0.1, 0.15) is 32.6 Å². The molecule has 1 saturated carbocycles. The van der Waals surface area contributed by atoms with Crippen LogP contribution in [0.5, 0.6) is 0 Å². The molecular formula is C13H21NO3. The Morgan fingerprint density at radius 3 is 2.82 bits per heavy atom. The fraction of sp³-hybridized carbons (Fsp3) is 0.692. The van der Waals surface area contributed by atoms with Crippen LogP contribution < -0.4 is 0 Å². The Labute approximate surface area is 103 Å². The number of rotatable bonds is 4. The first-order valence-electron chi connectivity index (χ1n) is 6.11. The maximum absolute atomic E-state index is 12.1. The molecule has 1 aliphatic carbocycles. The molecule has 0 radical (unpaired) electrons. The molecule has 0 aromatic carbocycles. The lowest BCUT2D eigenvalue weighted by atomic mass is 9.82. The average molecular weight is 239 g/mol. The van der Waals surface area contributed by atoms with Gasteiger partial charge >= 0.3 is 5.97 Å². The van der Waals surface area contributed by atoms with Crippen molar-refractivity contribution in [3.8, 4) is 0 Å². The number of carbonyl (C=O) groups is 2. The number of esters is 1. The Balaban J connectivity index is 2.62. The van der Waals surface area contributed by atoms with Crippen LogP contribution in [-0.2, 0) is 14.3 Å². The minimum Gasteiger partial charge on any atom is -0.466 e. The number of hydrogen-bond acceptors (Lipinski definition) is 4. The molecule has 1 rings (SSSR count). The lowest BCUT2D eigenvalue weighted by Crippen LogP contribution is -2.26. The van der Waals surface area contributed by atoms with Gasteiger partial charge in [-0.25, -0.2) is 0 Å². The highest BCUT2D eigenvalue weighted by Gasteiger charge is 2.28. The zero-order valence-electron chi connectivity index (χ0n) is 10.9. The van der Waals surface area contributed by atoms with Crippen LogP contribution in [0.25, 0.3) is 0 Å². The summed E-state index contributed by atoms with van der Waals surface area (Å²) in [6.45, 7) is 2.15. The van der Waals surface area contributed by atoms with E-state index in [9.17, 15) is 9.59 Å². The van der Waals surface area contributed by atoms with Crippen LogP contribution in [0.15, 0.2) is 11.8 Å². The number of carbonyl (C=O) groups excluding carboxylic acids is 2. The van der Waals surface area contributed by atoms with E-state index in [4.69, 9.17) is 4.74 Å². The second-order valence-electron chi connectivity index (χ2n) is 4.58. The van der Waals surface area contributed by atoms with E-state index in [0.717, 1.165) is 24.8 Å². The first kappa shape index (κ1) is 13.7. The van der Waals surface area contributed by atoms with Gasteiger partial charge in [0, 0.05) is 31.8 Å². The summed E-state index contributed by atoms with van der Waals surface area (Å²) in [4.78, 5) is 25.4. The third kappa shape index (κ3) is 4.21. The van der Waals surface area contributed by atoms with Gasteiger partial charge in [0.15, 0.2) is 5.78 Å². The zero-order chi connectivity index (χ0) is 12.8. The molecule has 0 aromatic rings. The monoisotopic (exact) mass is 239 g/mol. The molecule has 0 amide bonds. The Kier molecular flexibility index (Phi) is 5.19. The van der Waals surface area contributed by atoms with E-state index < -0.39 is 0 Å². The summed E-state index contributed by atoms with van der Waals surface area (Å²) in [7, 11) is 3.80. The zero-order valence-corrected chi connectivity index (χ0v) is 10.9. The van der Waals surface area contributed by atoms with E-state index in [2.05, 4.69) is 0 Å². The molecule has 1 atom stereocenters. The van der Waals surface area contributed by atoms with Crippen LogP contribution in [0, 0.1) is 5.92 Å². The molecule has 1 unspecified atom stereocenters. The highest BCUT2D eigenvalue weighted by Crippen LogP contribution is 2.27. The van der Waals surface area contributed by atoms with Gasteiger partial charge in [-0.2, -0.15) is 0 Å². The molecule has 0 aliphatic heterocycles. The van der Waals surface area contributed by atoms with E-state index in [1.54, 1.807) is 6.92 Å². The first-order chi connectivity index (χ1) is 8.04. The summed E-state index contributed by atoms with van der Waals surface area (Å²) in [5.41, 5.74) is 0.829. The second-order valence-corrected chi connectivity index (χ2v) is 4.58. The molecule has 4 nitrogen and oxygen atoms in total. The van der Waals surface area contributed by atoms with Crippen LogP contribution in [0.4, 0.5) is 0 Å². The van der Waals surface area contributed by atoms with Crippen molar-refractivity contribution in [2.24, 2.45) is 5.92 Å². The van der Waals surface area contributed by atoms with Gasteiger partial charge in [-0.3, -0.25) is 9.59 Å². The maximum Gasteiger partial charge on any atom is 0.306 e. The standard InChI is InChI=1S/C13H21NO3/c1-4-17-12(15)8-10-6-5-7-11(13(10)16)9-14(2)3/h9-10H,4-8H2,1-3H3/b11-9+. The summed E-state index contributed by atoms with van der Waals surface area (Å²) in [6.07, 6.45) is 4.66. The van der Waals surface area contributed by atoms with Crippen molar-refractivity contribution in [3.63, 3.8) is 0 Å². The highest BCUT2D eigenvalue weighted by molar-refractivity contribution is 5.99. The van der Waals surface area contributed by atoms with Gasteiger partial charge in [-0.1, -0.05) is 0 Å². The van der Waals surface area contributed by atoms with Crippen molar-refractivity contribution in [2.45, 2.75) is 32.6 Å². The molecule has 0 heterocycles. The van der Waals surface area contributed by atoms with Gasteiger partial charge in [0.2, 0.25) is 0 Å². The van der Waals surface area contributed by atoms with Crippen molar-refractivity contribution >= 4 is 11.8 Å². The summed E-state index contributed by atoms with van der Waals surface area (Å²) in [6, 6.07) is 0. The highest BCUT2D eigenvalue weighted by atomic mass is 16.5. The van der Waals surface area contributed by atoms with Gasteiger partial charge < -0.3 is 9.64 Å². The molecule has 0 aromatic heterocycles. The summed E-state index contributed by atoms with van der Waals surface area (Å²) in [5, 5.41) is 0. The van der Waals surface area contributed by atoms with Crippen LogP contribution in [0.3, 0.4) is 0 Å². The molecule has 96 valence electrons. The lowest BCUT2D eigenvalue weighted by Gasteiger charge is -2.23. The second kappa shape index (κ2) is 6.42. The normalized spacial score (nSPS) is 22.6. The lowest BCUT2D eigenvalue weighted by molar-refractivity contribution is -0.146. The van der Waals surface area contributed by atoms with Crippen LogP contribution in [0.2, 0.25) is 0 Å². The van der Waals surface area contributed by atoms with Crippen LogP contribution >= 0.6 is 0 Å². The molecule has 17 heavy (non-hydrogen) atoms. The molecule has 4 heteroatoms. The van der Waals surface area contributed by atoms with Gasteiger partial charge in [-0.05, 0) is 26.2 Å². The fourth-order valence-electron chi connectivity index (χ4n) is 2.11. The van der Waals surface area contributed by atoms with Crippen molar-refractivity contribution < 1.29 is 14.3 Å². The third-order valence-corrected chi connectivity index (χ3v) is 2.82. The number of allylic oxidation sites excluding steroid dienone is 1. The molecule has 0 N–H and O–H groups in total.